The molecule has 1 aromatic heterocycles. The molecule has 8 aromatic rings. The zero-order valence-electron chi connectivity index (χ0n) is 23.4. The van der Waals surface area contributed by atoms with E-state index in [2.05, 4.69) is 189 Å². The van der Waals surface area contributed by atoms with Gasteiger partial charge in [-0.1, -0.05) is 6.07 Å². The minimum absolute atomic E-state index is 1.11. The Morgan fingerprint density at radius 3 is 1.93 bits per heavy atom. The van der Waals surface area contributed by atoms with Crippen molar-refractivity contribution in [2.45, 2.75) is 0 Å². The van der Waals surface area contributed by atoms with E-state index in [4.69, 9.17) is 0 Å². The maximum absolute atomic E-state index is 3.29. The third-order valence-electron chi connectivity index (χ3n) is 8.24. The molecule has 203 valence electrons. The molecule has 0 aliphatic carbocycles. The standard InChI is InChI=1S/C40H27N2Se/c43-40-25-23-31(26-36(40)29-12-3-1-4-13-29)41(37-21-11-15-28-14-7-8-18-33(28)37)32-22-24-35-34-19-9-10-20-38(34)42(39(35)27-32)30-16-5-2-6-17-30/h1-27H. The van der Waals surface area contributed by atoms with Crippen LogP contribution in [0.1, 0.15) is 0 Å². The third-order valence-corrected chi connectivity index (χ3v) is 8.99. The summed E-state index contributed by atoms with van der Waals surface area (Å²) in [5.74, 6) is 0. The Kier molecular flexibility index (Phi) is 6.34. The van der Waals surface area contributed by atoms with Gasteiger partial charge >= 0.3 is 254 Å². The summed E-state index contributed by atoms with van der Waals surface area (Å²) in [7, 11) is 0. The molecule has 0 saturated heterocycles. The molecule has 0 N–H and O–H groups in total. The zero-order valence-corrected chi connectivity index (χ0v) is 25.1. The molecule has 0 amide bonds. The Hall–Kier alpha value is -5.08. The van der Waals surface area contributed by atoms with E-state index >= 15 is 0 Å². The van der Waals surface area contributed by atoms with Gasteiger partial charge in [-0.3, -0.25) is 0 Å². The molecule has 7 aromatic carbocycles. The topological polar surface area (TPSA) is 8.17 Å². The van der Waals surface area contributed by atoms with E-state index in [1.807, 2.05) is 0 Å². The molecular weight excluding hydrogens is 587 g/mol. The second kappa shape index (κ2) is 10.6. The predicted octanol–water partition coefficient (Wildman–Crippen LogP) is 9.87. The normalized spacial score (nSPS) is 11.3. The van der Waals surface area contributed by atoms with E-state index < -0.39 is 0 Å². The second-order valence-electron chi connectivity index (χ2n) is 10.8. The van der Waals surface area contributed by atoms with Crippen molar-refractivity contribution in [2.24, 2.45) is 0 Å². The molecule has 0 aliphatic rings. The van der Waals surface area contributed by atoms with Gasteiger partial charge in [0.15, 0.2) is 0 Å². The van der Waals surface area contributed by atoms with Crippen LogP contribution in [0.15, 0.2) is 164 Å². The van der Waals surface area contributed by atoms with Crippen LogP contribution in [-0.4, -0.2) is 20.6 Å². The minimum atomic E-state index is 1.11. The SMILES string of the molecule is [Se]c1ccc(N(c2ccc3c4ccccc4n(-c4ccccc4)c3c2)c2cccc3ccccc23)cc1-c1ccccc1. The first kappa shape index (κ1) is 25.6. The van der Waals surface area contributed by atoms with Crippen molar-refractivity contribution >= 4 is 70.1 Å². The van der Waals surface area contributed by atoms with Crippen LogP contribution in [0.2, 0.25) is 0 Å². The summed E-state index contributed by atoms with van der Waals surface area (Å²) in [6, 6.07) is 58.8. The van der Waals surface area contributed by atoms with Gasteiger partial charge in [0.1, 0.15) is 0 Å². The van der Waals surface area contributed by atoms with Gasteiger partial charge in [-0.05, 0) is 0 Å². The van der Waals surface area contributed by atoms with E-state index in [0.29, 0.717) is 0 Å². The number of hydrogen-bond donors (Lipinski definition) is 0. The van der Waals surface area contributed by atoms with E-state index in [9.17, 15) is 0 Å². The van der Waals surface area contributed by atoms with Crippen molar-refractivity contribution in [3.05, 3.63) is 164 Å². The summed E-state index contributed by atoms with van der Waals surface area (Å²) in [5, 5.41) is 4.92. The van der Waals surface area contributed by atoms with Crippen molar-refractivity contribution in [2.75, 3.05) is 4.90 Å². The number of hydrogen-bond acceptors (Lipinski definition) is 1. The van der Waals surface area contributed by atoms with Gasteiger partial charge in [0.2, 0.25) is 0 Å². The summed E-state index contributed by atoms with van der Waals surface area (Å²) >= 11 is 3.29. The Morgan fingerprint density at radius 2 is 1.09 bits per heavy atom. The van der Waals surface area contributed by atoms with Crippen molar-refractivity contribution in [3.63, 3.8) is 0 Å². The number of anilines is 3. The maximum atomic E-state index is 3.29. The molecule has 0 fully saturated rings. The Bertz CT molecular complexity index is 2250. The van der Waals surface area contributed by atoms with Crippen LogP contribution in [0.4, 0.5) is 17.1 Å². The van der Waals surface area contributed by atoms with Crippen molar-refractivity contribution in [3.8, 4) is 16.8 Å². The predicted molar refractivity (Wildman–Crippen MR) is 184 cm³/mol. The van der Waals surface area contributed by atoms with Crippen LogP contribution in [0.5, 0.6) is 0 Å². The number of fused-ring (bicyclic) bond motifs is 4. The molecule has 0 saturated carbocycles. The molecule has 0 bridgehead atoms. The number of nitrogens with zero attached hydrogens (tertiary/aromatic N) is 2. The number of benzene rings is 7. The Balaban J connectivity index is 1.42. The fourth-order valence-electron chi connectivity index (χ4n) is 6.28. The molecule has 0 aliphatic heterocycles. The molecule has 3 heteroatoms. The van der Waals surface area contributed by atoms with Crippen LogP contribution in [-0.2, 0) is 0 Å². The molecule has 8 rings (SSSR count). The number of rotatable bonds is 5. The van der Waals surface area contributed by atoms with Crippen LogP contribution < -0.4 is 9.36 Å². The molecule has 2 nitrogen and oxygen atoms in total. The summed E-state index contributed by atoms with van der Waals surface area (Å²) in [4.78, 5) is 2.40. The van der Waals surface area contributed by atoms with Crippen molar-refractivity contribution in [1.29, 1.82) is 0 Å². The van der Waals surface area contributed by atoms with Crippen molar-refractivity contribution < 1.29 is 0 Å². The summed E-state index contributed by atoms with van der Waals surface area (Å²) in [6.45, 7) is 0. The fourth-order valence-corrected chi connectivity index (χ4v) is 6.80. The van der Waals surface area contributed by atoms with Crippen LogP contribution >= 0.6 is 0 Å². The van der Waals surface area contributed by atoms with Crippen LogP contribution in [0.3, 0.4) is 0 Å². The Labute approximate surface area is 259 Å². The third kappa shape index (κ3) is 4.42. The quantitative estimate of drug-likeness (QED) is 0.175. The molecule has 0 unspecified atom stereocenters. The first-order chi connectivity index (χ1) is 21.3. The molecule has 0 spiro atoms. The van der Waals surface area contributed by atoms with Gasteiger partial charge in [-0.2, -0.15) is 0 Å². The van der Waals surface area contributed by atoms with Crippen molar-refractivity contribution in [1.82, 2.24) is 4.57 Å². The zero-order chi connectivity index (χ0) is 28.8. The average Bonchev–Trinajstić information content (AvgIpc) is 3.40. The molecular formula is C40H27N2Se. The number of para-hydroxylation sites is 2. The van der Waals surface area contributed by atoms with E-state index in [1.165, 1.54) is 43.7 Å². The summed E-state index contributed by atoms with van der Waals surface area (Å²) in [6.07, 6.45) is 0. The number of aromatic nitrogens is 1. The first-order valence-corrected chi connectivity index (χ1v) is 15.3. The fraction of sp³-hybridized carbons (Fsp3) is 0. The van der Waals surface area contributed by atoms with Crippen LogP contribution in [0.25, 0.3) is 49.4 Å². The van der Waals surface area contributed by atoms with Gasteiger partial charge < -0.3 is 0 Å². The van der Waals surface area contributed by atoms with E-state index in [0.717, 1.165) is 27.2 Å². The van der Waals surface area contributed by atoms with Gasteiger partial charge in [0.25, 0.3) is 0 Å². The van der Waals surface area contributed by atoms with Gasteiger partial charge in [-0.15, -0.1) is 0 Å². The van der Waals surface area contributed by atoms with E-state index in [1.54, 1.807) is 0 Å². The van der Waals surface area contributed by atoms with Gasteiger partial charge in [0, 0.05) is 0 Å². The summed E-state index contributed by atoms with van der Waals surface area (Å²) in [5.41, 5.74) is 9.27. The molecule has 43 heavy (non-hydrogen) atoms. The molecule has 1 heterocycles. The Morgan fingerprint density at radius 1 is 0.465 bits per heavy atom. The molecule has 1 radical (unpaired) electrons. The monoisotopic (exact) mass is 615 g/mol. The van der Waals surface area contributed by atoms with E-state index in [-0.39, 0.29) is 0 Å². The average molecular weight is 615 g/mol. The van der Waals surface area contributed by atoms with Gasteiger partial charge in [0.05, 0.1) is 0 Å². The first-order valence-electron chi connectivity index (χ1n) is 14.5. The van der Waals surface area contributed by atoms with Crippen LogP contribution in [0, 0.1) is 0 Å². The second-order valence-corrected chi connectivity index (χ2v) is 11.7. The molecule has 0 atom stereocenters. The summed E-state index contributed by atoms with van der Waals surface area (Å²) < 4.78 is 3.52. The van der Waals surface area contributed by atoms with Gasteiger partial charge in [-0.25, -0.2) is 0 Å².